The molecule has 0 aliphatic carbocycles. The molecule has 1 saturated heterocycles. The highest BCUT2D eigenvalue weighted by Gasteiger charge is 2.20. The highest BCUT2D eigenvalue weighted by molar-refractivity contribution is 7.80. The number of halogens is 1. The maximum atomic E-state index is 10.8. The average molecular weight is 380 g/mol. The van der Waals surface area contributed by atoms with Gasteiger partial charge in [-0.1, -0.05) is 17.7 Å². The van der Waals surface area contributed by atoms with Gasteiger partial charge in [0.25, 0.3) is 0 Å². The minimum atomic E-state index is 0.717. The van der Waals surface area contributed by atoms with Gasteiger partial charge in [-0.3, -0.25) is 4.79 Å². The largest absolute Gasteiger partial charge is 0.360 e. The number of aryl methyl sites for hydroxylation is 1. The van der Waals surface area contributed by atoms with Gasteiger partial charge in [0.05, 0.1) is 9.88 Å². The summed E-state index contributed by atoms with van der Waals surface area (Å²) >= 11 is 13.2. The van der Waals surface area contributed by atoms with Crippen LogP contribution in [-0.4, -0.2) is 42.5 Å². The Bertz CT molecular complexity index is 754. The van der Waals surface area contributed by atoms with E-state index in [2.05, 4.69) is 15.1 Å². The molecule has 1 aliphatic heterocycles. The predicted molar refractivity (Wildman–Crippen MR) is 106 cm³/mol. The number of piperazine rings is 1. The van der Waals surface area contributed by atoms with Crippen LogP contribution in [0, 0.1) is 6.92 Å². The third-order valence-corrected chi connectivity index (χ3v) is 5.87. The fourth-order valence-electron chi connectivity index (χ4n) is 2.58. The summed E-state index contributed by atoms with van der Waals surface area (Å²) in [5.74, 6) is 0. The normalized spacial score (nSPS) is 14.6. The predicted octanol–water partition coefficient (Wildman–Crippen LogP) is 4.04. The van der Waals surface area contributed by atoms with Crippen molar-refractivity contribution in [2.45, 2.75) is 6.92 Å². The fourth-order valence-corrected chi connectivity index (χ4v) is 3.93. The Morgan fingerprint density at radius 2 is 2.00 bits per heavy atom. The molecule has 0 atom stereocenters. The van der Waals surface area contributed by atoms with Gasteiger partial charge in [0, 0.05) is 36.9 Å². The highest BCUT2D eigenvalue weighted by atomic mass is 35.5. The Hall–Kier alpha value is -1.63. The lowest BCUT2D eigenvalue weighted by Crippen LogP contribution is -2.49. The van der Waals surface area contributed by atoms with Crippen LogP contribution < -0.4 is 10.2 Å². The maximum absolute atomic E-state index is 10.8. The molecule has 7 heteroatoms. The number of thiocarbonyl (C=S) groups is 1. The second-order valence-corrected chi connectivity index (χ2v) is 7.55. The van der Waals surface area contributed by atoms with Gasteiger partial charge in [0.1, 0.15) is 0 Å². The number of hydrogen-bond acceptors (Lipinski definition) is 4. The van der Waals surface area contributed by atoms with Crippen LogP contribution in [0.5, 0.6) is 0 Å². The summed E-state index contributed by atoms with van der Waals surface area (Å²) in [6.45, 7) is 5.44. The molecule has 0 bridgehead atoms. The van der Waals surface area contributed by atoms with Crippen LogP contribution in [0.3, 0.4) is 0 Å². The summed E-state index contributed by atoms with van der Waals surface area (Å²) in [5.41, 5.74) is 1.96. The van der Waals surface area contributed by atoms with E-state index in [1.54, 1.807) is 0 Å². The van der Waals surface area contributed by atoms with Crippen molar-refractivity contribution in [2.75, 3.05) is 36.4 Å². The number of nitrogens with zero attached hydrogens (tertiary/aromatic N) is 2. The van der Waals surface area contributed by atoms with Gasteiger partial charge in [-0.15, -0.1) is 11.3 Å². The van der Waals surface area contributed by atoms with Gasteiger partial charge in [-0.05, 0) is 49.0 Å². The van der Waals surface area contributed by atoms with Crippen molar-refractivity contribution in [3.8, 4) is 0 Å². The summed E-state index contributed by atoms with van der Waals surface area (Å²) in [4.78, 5) is 16.0. The van der Waals surface area contributed by atoms with E-state index in [1.807, 2.05) is 37.3 Å². The van der Waals surface area contributed by atoms with Gasteiger partial charge < -0.3 is 15.1 Å². The number of hydrogen-bond donors (Lipinski definition) is 1. The van der Waals surface area contributed by atoms with Crippen LogP contribution in [0.25, 0.3) is 0 Å². The number of aldehydes is 1. The highest BCUT2D eigenvalue weighted by Crippen LogP contribution is 2.26. The van der Waals surface area contributed by atoms with E-state index < -0.39 is 0 Å². The van der Waals surface area contributed by atoms with Gasteiger partial charge >= 0.3 is 0 Å². The first-order valence-electron chi connectivity index (χ1n) is 7.69. The fraction of sp³-hybridized carbons (Fsp3) is 0.294. The second kappa shape index (κ2) is 7.51. The maximum Gasteiger partial charge on any atom is 0.173 e. The van der Waals surface area contributed by atoms with E-state index >= 15 is 0 Å². The van der Waals surface area contributed by atoms with Crippen molar-refractivity contribution in [3.63, 3.8) is 0 Å². The molecule has 2 heterocycles. The van der Waals surface area contributed by atoms with Crippen molar-refractivity contribution >= 4 is 57.2 Å². The molecular formula is C17H18ClN3OS2. The molecule has 1 aromatic heterocycles. The number of anilines is 2. The van der Waals surface area contributed by atoms with Gasteiger partial charge in [0.15, 0.2) is 11.4 Å². The first kappa shape index (κ1) is 17.2. The lowest BCUT2D eigenvalue weighted by Gasteiger charge is -2.36. The molecule has 4 nitrogen and oxygen atoms in total. The molecule has 126 valence electrons. The summed E-state index contributed by atoms with van der Waals surface area (Å²) in [5, 5.41) is 5.85. The van der Waals surface area contributed by atoms with Crippen LogP contribution in [0.15, 0.2) is 30.3 Å². The van der Waals surface area contributed by atoms with E-state index in [0.29, 0.717) is 5.11 Å². The Labute approximate surface area is 156 Å². The first-order chi connectivity index (χ1) is 11.6. The van der Waals surface area contributed by atoms with E-state index in [4.69, 9.17) is 23.8 Å². The van der Waals surface area contributed by atoms with Gasteiger partial charge in [-0.25, -0.2) is 0 Å². The monoisotopic (exact) mass is 379 g/mol. The minimum Gasteiger partial charge on any atom is -0.360 e. The van der Waals surface area contributed by atoms with E-state index in [-0.39, 0.29) is 0 Å². The van der Waals surface area contributed by atoms with Crippen molar-refractivity contribution in [2.24, 2.45) is 0 Å². The Morgan fingerprint density at radius 3 is 2.62 bits per heavy atom. The van der Waals surface area contributed by atoms with E-state index in [9.17, 15) is 4.79 Å². The van der Waals surface area contributed by atoms with E-state index in [0.717, 1.165) is 58.6 Å². The van der Waals surface area contributed by atoms with Crippen LogP contribution in [-0.2, 0) is 0 Å². The molecule has 2 aromatic rings. The topological polar surface area (TPSA) is 35.6 Å². The molecule has 24 heavy (non-hydrogen) atoms. The molecular weight excluding hydrogens is 362 g/mol. The van der Waals surface area contributed by atoms with Gasteiger partial charge in [-0.2, -0.15) is 0 Å². The van der Waals surface area contributed by atoms with E-state index in [1.165, 1.54) is 11.3 Å². The molecule has 0 saturated carbocycles. The summed E-state index contributed by atoms with van der Waals surface area (Å²) in [6.07, 6.45) is 0.899. The van der Waals surface area contributed by atoms with Crippen LogP contribution >= 0.6 is 35.2 Å². The molecule has 1 aliphatic rings. The molecule has 0 amide bonds. The summed E-state index contributed by atoms with van der Waals surface area (Å²) in [6, 6.07) is 9.73. The molecule has 1 fully saturated rings. The standard InChI is InChI=1S/C17H18ClN3OS2/c1-12-2-3-13(10-15(12)18)19-17(23)21-8-6-20(7-9-21)16-5-4-14(11-22)24-16/h2-5,10-11H,6-9H2,1H3,(H,19,23). The number of benzene rings is 1. The Morgan fingerprint density at radius 1 is 1.25 bits per heavy atom. The summed E-state index contributed by atoms with van der Waals surface area (Å²) < 4.78 is 0. The summed E-state index contributed by atoms with van der Waals surface area (Å²) in [7, 11) is 0. The quantitative estimate of drug-likeness (QED) is 0.643. The number of thiophene rings is 1. The second-order valence-electron chi connectivity index (χ2n) is 5.66. The van der Waals surface area contributed by atoms with Crippen molar-refractivity contribution in [1.29, 1.82) is 0 Å². The number of carbonyl (C=O) groups is 1. The average Bonchev–Trinajstić information content (AvgIpc) is 3.07. The SMILES string of the molecule is Cc1ccc(NC(=S)N2CCN(c3ccc(C=O)s3)CC2)cc1Cl. The third-order valence-electron chi connectivity index (χ3n) is 4.03. The molecule has 3 rings (SSSR count). The smallest absolute Gasteiger partial charge is 0.173 e. The van der Waals surface area contributed by atoms with Crippen LogP contribution in [0.1, 0.15) is 15.2 Å². The first-order valence-corrected chi connectivity index (χ1v) is 9.29. The molecule has 0 radical (unpaired) electrons. The molecule has 1 N–H and O–H groups in total. The number of carbonyl (C=O) groups excluding carboxylic acids is 1. The van der Waals surface area contributed by atoms with Gasteiger partial charge in [0.2, 0.25) is 0 Å². The lowest BCUT2D eigenvalue weighted by atomic mass is 10.2. The van der Waals surface area contributed by atoms with Crippen LogP contribution in [0.4, 0.5) is 10.7 Å². The zero-order chi connectivity index (χ0) is 17.1. The number of rotatable bonds is 3. The molecule has 0 unspecified atom stereocenters. The van der Waals surface area contributed by atoms with Crippen molar-refractivity contribution < 1.29 is 4.79 Å². The Balaban J connectivity index is 1.56. The third kappa shape index (κ3) is 3.88. The number of nitrogens with one attached hydrogen (secondary N) is 1. The molecule has 1 aromatic carbocycles. The zero-order valence-electron chi connectivity index (χ0n) is 13.3. The zero-order valence-corrected chi connectivity index (χ0v) is 15.7. The van der Waals surface area contributed by atoms with Crippen LogP contribution in [0.2, 0.25) is 5.02 Å². The molecule has 0 spiro atoms. The van der Waals surface area contributed by atoms with Crippen molar-refractivity contribution in [3.05, 3.63) is 45.8 Å². The lowest BCUT2D eigenvalue weighted by molar-refractivity contribution is 0.112. The minimum absolute atomic E-state index is 0.717. The van der Waals surface area contributed by atoms with Crippen molar-refractivity contribution in [1.82, 2.24) is 4.90 Å². The Kier molecular flexibility index (Phi) is 5.38.